The molecule has 0 spiro atoms. The number of amides is 1. The number of carbonyl (C=O) groups is 1. The van der Waals surface area contributed by atoms with Crippen LogP contribution in [0.4, 0.5) is 0 Å². The topological polar surface area (TPSA) is 92.6 Å². The number of thiophene rings is 1. The Morgan fingerprint density at radius 1 is 1.41 bits per heavy atom. The molecule has 0 aliphatic rings. The van der Waals surface area contributed by atoms with E-state index in [0.717, 1.165) is 16.3 Å². The maximum absolute atomic E-state index is 11.9. The molecule has 0 saturated heterocycles. The van der Waals surface area contributed by atoms with Crippen LogP contribution < -0.4 is 10.3 Å². The molecule has 0 saturated carbocycles. The van der Waals surface area contributed by atoms with Gasteiger partial charge in [0.25, 0.3) is 10.0 Å². The van der Waals surface area contributed by atoms with E-state index in [2.05, 4.69) is 10.4 Å². The Hall–Kier alpha value is -1.46. The lowest BCUT2D eigenvalue weighted by Gasteiger charge is -2.05. The molecule has 3 heterocycles. The van der Waals surface area contributed by atoms with Gasteiger partial charge in [-0.1, -0.05) is 11.6 Å². The van der Waals surface area contributed by atoms with Gasteiger partial charge in [-0.3, -0.25) is 14.6 Å². The maximum Gasteiger partial charge on any atom is 0.266 e. The summed E-state index contributed by atoms with van der Waals surface area (Å²) in [4.78, 5) is 18.8. The Morgan fingerprint density at radius 3 is 2.91 bits per heavy atom. The second kappa shape index (κ2) is 5.97. The molecular formula is C11H9ClN4O3S3. The van der Waals surface area contributed by atoms with Crippen molar-refractivity contribution in [1.82, 2.24) is 19.6 Å². The summed E-state index contributed by atoms with van der Waals surface area (Å²) in [6.45, 7) is 0. The molecule has 22 heavy (non-hydrogen) atoms. The van der Waals surface area contributed by atoms with E-state index < -0.39 is 15.9 Å². The van der Waals surface area contributed by atoms with Crippen molar-refractivity contribution in [3.63, 3.8) is 0 Å². The molecule has 11 heteroatoms. The lowest BCUT2D eigenvalue weighted by atomic mass is 10.3. The summed E-state index contributed by atoms with van der Waals surface area (Å²) >= 11 is 8.05. The largest absolute Gasteiger partial charge is 0.297 e. The lowest BCUT2D eigenvalue weighted by Crippen LogP contribution is -2.42. The highest BCUT2D eigenvalue weighted by Crippen LogP contribution is 2.24. The van der Waals surface area contributed by atoms with Crippen LogP contribution in [-0.4, -0.2) is 23.7 Å². The molecule has 1 amide bonds. The van der Waals surface area contributed by atoms with Gasteiger partial charge in [0.15, 0.2) is 4.96 Å². The van der Waals surface area contributed by atoms with E-state index in [1.165, 1.54) is 23.5 Å². The number of aromatic nitrogens is 2. The number of carbonyl (C=O) groups excluding carboxylic acids is 1. The second-order valence-electron chi connectivity index (χ2n) is 4.21. The van der Waals surface area contributed by atoms with Crippen molar-refractivity contribution < 1.29 is 13.2 Å². The number of thiazole rings is 1. The van der Waals surface area contributed by atoms with Gasteiger partial charge in [0.05, 0.1) is 16.5 Å². The van der Waals surface area contributed by atoms with Crippen molar-refractivity contribution >= 4 is 55.2 Å². The van der Waals surface area contributed by atoms with Crippen LogP contribution in [0.5, 0.6) is 0 Å². The number of sulfonamides is 1. The first-order valence-electron chi connectivity index (χ1n) is 5.91. The Morgan fingerprint density at radius 2 is 2.23 bits per heavy atom. The second-order valence-corrected chi connectivity index (χ2v) is 8.71. The van der Waals surface area contributed by atoms with Crippen molar-refractivity contribution in [2.24, 2.45) is 0 Å². The molecule has 7 nitrogen and oxygen atoms in total. The normalized spacial score (nSPS) is 11.9. The van der Waals surface area contributed by atoms with Crippen LogP contribution in [0.15, 0.2) is 34.1 Å². The zero-order valence-corrected chi connectivity index (χ0v) is 14.0. The lowest BCUT2D eigenvalue weighted by molar-refractivity contribution is -0.120. The average molecular weight is 377 g/mol. The smallest absolute Gasteiger partial charge is 0.266 e. The van der Waals surface area contributed by atoms with Crippen LogP contribution in [0, 0.1) is 0 Å². The van der Waals surface area contributed by atoms with Crippen LogP contribution in [0.1, 0.15) is 5.69 Å². The predicted molar refractivity (Wildman–Crippen MR) is 84.6 cm³/mol. The number of halogens is 1. The van der Waals surface area contributed by atoms with Gasteiger partial charge >= 0.3 is 0 Å². The van der Waals surface area contributed by atoms with E-state index in [9.17, 15) is 13.2 Å². The van der Waals surface area contributed by atoms with Crippen molar-refractivity contribution in [2.75, 3.05) is 0 Å². The summed E-state index contributed by atoms with van der Waals surface area (Å²) in [6, 6.07) is 2.84. The third-order valence-electron chi connectivity index (χ3n) is 2.62. The summed E-state index contributed by atoms with van der Waals surface area (Å²) < 4.78 is 26.0. The monoisotopic (exact) mass is 376 g/mol. The maximum atomic E-state index is 11.9. The summed E-state index contributed by atoms with van der Waals surface area (Å²) in [5, 5.41) is 1.88. The molecule has 3 rings (SSSR count). The highest BCUT2D eigenvalue weighted by atomic mass is 35.5. The molecule has 0 aromatic carbocycles. The number of hydrogen-bond acceptors (Lipinski definition) is 6. The standard InChI is InChI=1S/C11H9ClN4O3S3/c12-8-1-2-10(21-8)22(18,19)15-14-9(17)5-7-6-16-3-4-20-11(16)13-7/h1-4,6,15H,5H2,(H,14,17). The zero-order valence-electron chi connectivity index (χ0n) is 10.8. The number of hydrogen-bond donors (Lipinski definition) is 2. The van der Waals surface area contributed by atoms with Crippen molar-refractivity contribution in [2.45, 2.75) is 10.6 Å². The Balaban J connectivity index is 1.61. The van der Waals surface area contributed by atoms with Crippen LogP contribution in [0.3, 0.4) is 0 Å². The fraction of sp³-hybridized carbons (Fsp3) is 0.0909. The van der Waals surface area contributed by atoms with E-state index in [-0.39, 0.29) is 10.6 Å². The van der Waals surface area contributed by atoms with Crippen molar-refractivity contribution in [1.29, 1.82) is 0 Å². The van der Waals surface area contributed by atoms with Crippen LogP contribution in [-0.2, 0) is 21.2 Å². The third kappa shape index (κ3) is 3.31. The van der Waals surface area contributed by atoms with E-state index in [1.807, 2.05) is 16.4 Å². The van der Waals surface area contributed by atoms with Crippen LogP contribution >= 0.6 is 34.3 Å². The van der Waals surface area contributed by atoms with Crippen molar-refractivity contribution in [3.05, 3.63) is 39.9 Å². The predicted octanol–water partition coefficient (Wildman–Crippen LogP) is 1.66. The van der Waals surface area contributed by atoms with Gasteiger partial charge in [-0.15, -0.1) is 27.5 Å². The van der Waals surface area contributed by atoms with E-state index >= 15 is 0 Å². The van der Waals surface area contributed by atoms with Crippen LogP contribution in [0.25, 0.3) is 4.96 Å². The molecular weight excluding hydrogens is 368 g/mol. The molecule has 0 bridgehead atoms. The van der Waals surface area contributed by atoms with Gasteiger partial charge in [-0.05, 0) is 12.1 Å². The Bertz CT molecular complexity index is 899. The molecule has 0 radical (unpaired) electrons. The first-order valence-corrected chi connectivity index (χ1v) is 9.47. The highest BCUT2D eigenvalue weighted by Gasteiger charge is 2.18. The zero-order chi connectivity index (χ0) is 15.7. The molecule has 2 N–H and O–H groups in total. The van der Waals surface area contributed by atoms with E-state index in [1.54, 1.807) is 10.6 Å². The van der Waals surface area contributed by atoms with Gasteiger partial charge in [0.2, 0.25) is 5.91 Å². The van der Waals surface area contributed by atoms with Gasteiger partial charge in [-0.2, -0.15) is 0 Å². The third-order valence-corrected chi connectivity index (χ3v) is 6.36. The number of nitrogens with one attached hydrogen (secondary N) is 2. The summed E-state index contributed by atoms with van der Waals surface area (Å²) in [7, 11) is -3.81. The number of imidazole rings is 1. The fourth-order valence-corrected chi connectivity index (χ4v) is 4.75. The molecule has 0 aliphatic heterocycles. The number of fused-ring (bicyclic) bond motifs is 1. The van der Waals surface area contributed by atoms with Gasteiger partial charge in [-0.25, -0.2) is 13.4 Å². The average Bonchev–Trinajstić information content (AvgIpc) is 3.12. The number of nitrogens with zero attached hydrogens (tertiary/aromatic N) is 2. The van der Waals surface area contributed by atoms with Gasteiger partial charge in [0.1, 0.15) is 4.21 Å². The summed E-state index contributed by atoms with van der Waals surface area (Å²) in [5.74, 6) is -0.503. The number of hydrazine groups is 1. The molecule has 0 atom stereocenters. The first kappa shape index (κ1) is 15.4. The summed E-state index contributed by atoms with van der Waals surface area (Å²) in [5.41, 5.74) is 2.71. The van der Waals surface area contributed by atoms with E-state index in [0.29, 0.717) is 10.0 Å². The minimum absolute atomic E-state index is 0.0257. The SMILES string of the molecule is O=C(Cc1cn2ccsc2n1)NNS(=O)(=O)c1ccc(Cl)s1. The molecule has 3 aromatic heterocycles. The fourth-order valence-electron chi connectivity index (χ4n) is 1.69. The molecule has 116 valence electrons. The minimum Gasteiger partial charge on any atom is -0.297 e. The molecule has 0 fully saturated rings. The molecule has 3 aromatic rings. The van der Waals surface area contributed by atoms with Crippen molar-refractivity contribution in [3.8, 4) is 0 Å². The molecule has 0 aliphatic carbocycles. The first-order chi connectivity index (χ1) is 10.4. The molecule has 0 unspecified atom stereocenters. The van der Waals surface area contributed by atoms with E-state index in [4.69, 9.17) is 11.6 Å². The Labute approximate surface area is 138 Å². The quantitative estimate of drug-likeness (QED) is 0.662. The summed E-state index contributed by atoms with van der Waals surface area (Å²) in [6.07, 6.45) is 3.53. The van der Waals surface area contributed by atoms with Gasteiger partial charge < -0.3 is 0 Å². The Kier molecular flexibility index (Phi) is 4.19. The van der Waals surface area contributed by atoms with Gasteiger partial charge in [0, 0.05) is 17.8 Å². The van der Waals surface area contributed by atoms with Crippen LogP contribution in [0.2, 0.25) is 4.34 Å². The number of rotatable bonds is 5. The highest BCUT2D eigenvalue weighted by molar-refractivity contribution is 7.91. The minimum atomic E-state index is -3.81.